The number of methoxy groups -OCH3 is 1. The predicted octanol–water partition coefficient (Wildman–Crippen LogP) is 8.96. The molecule has 0 amide bonds. The van der Waals surface area contributed by atoms with E-state index in [1.165, 1.54) is 39.1 Å². The molecule has 1 aromatic heterocycles. The lowest BCUT2D eigenvalue weighted by Crippen LogP contribution is -2.06. The molecule has 0 saturated heterocycles. The van der Waals surface area contributed by atoms with Gasteiger partial charge in [0, 0.05) is 23.4 Å². The Morgan fingerprint density at radius 3 is 2.59 bits per heavy atom. The number of hydrogen-bond acceptors (Lipinski definition) is 2. The Balaban J connectivity index is 1.56. The Labute approximate surface area is 223 Å². The highest BCUT2D eigenvalue weighted by Gasteiger charge is 2.20. The van der Waals surface area contributed by atoms with Gasteiger partial charge in [0.25, 0.3) is 0 Å². The van der Waals surface area contributed by atoms with Crippen LogP contribution in [-0.4, -0.2) is 17.9 Å². The number of ether oxygens (including phenoxy) is 1. The Bertz CT molecular complexity index is 1280. The molecule has 1 unspecified atom stereocenters. The summed E-state index contributed by atoms with van der Waals surface area (Å²) in [6, 6.07) is 8.72. The van der Waals surface area contributed by atoms with Gasteiger partial charge in [0.2, 0.25) is 0 Å². The van der Waals surface area contributed by atoms with Crippen LogP contribution in [0.1, 0.15) is 90.0 Å². The highest BCUT2D eigenvalue weighted by atomic mass is 16.5. The Morgan fingerprint density at radius 2 is 1.86 bits per heavy atom. The molecule has 0 spiro atoms. The molecule has 196 valence electrons. The summed E-state index contributed by atoms with van der Waals surface area (Å²) < 4.78 is 5.64. The van der Waals surface area contributed by atoms with Gasteiger partial charge in [0.15, 0.2) is 5.78 Å². The molecule has 0 saturated carbocycles. The van der Waals surface area contributed by atoms with E-state index in [0.29, 0.717) is 18.1 Å². The van der Waals surface area contributed by atoms with Crippen molar-refractivity contribution in [2.24, 2.45) is 5.92 Å². The van der Waals surface area contributed by atoms with Crippen molar-refractivity contribution in [3.8, 4) is 17.0 Å². The number of carbonyl (C=O) groups is 1. The van der Waals surface area contributed by atoms with Crippen molar-refractivity contribution in [2.45, 2.75) is 86.0 Å². The zero-order valence-corrected chi connectivity index (χ0v) is 23.6. The molecule has 0 fully saturated rings. The van der Waals surface area contributed by atoms with E-state index < -0.39 is 0 Å². The van der Waals surface area contributed by atoms with E-state index in [2.05, 4.69) is 82.1 Å². The fourth-order valence-corrected chi connectivity index (χ4v) is 5.70. The number of hydrogen-bond donors (Lipinski definition) is 1. The standard InChI is InChI=1S/C34H43NO2/c1-7-25-10-14-30(24(5)23(4)18-25)33(36)16-11-26-17-22(3)9-15-31-29(19-26)20-32(35-31)28-13-12-27(8-2)34(21-28)37-6/h12-13,17-21,25,35H,7-11,14-16H2,1-6H3. The number of ketones is 1. The fraction of sp³-hybridized carbons (Fsp3) is 0.441. The second-order valence-corrected chi connectivity index (χ2v) is 10.8. The van der Waals surface area contributed by atoms with Crippen LogP contribution in [0.3, 0.4) is 0 Å². The van der Waals surface area contributed by atoms with Crippen molar-refractivity contribution in [1.82, 2.24) is 4.98 Å². The van der Waals surface area contributed by atoms with Crippen LogP contribution < -0.4 is 4.74 Å². The van der Waals surface area contributed by atoms with Crippen LogP contribution in [0.5, 0.6) is 5.75 Å². The maximum Gasteiger partial charge on any atom is 0.159 e. The normalized spacial score (nSPS) is 18.2. The number of allylic oxidation sites excluding steroid dienone is 7. The number of Topliss-reactive ketones (excluding diaryl/α,β-unsaturated/α-hetero) is 1. The number of aryl methyl sites for hydroxylation is 2. The minimum atomic E-state index is 0.314. The first-order chi connectivity index (χ1) is 17.8. The van der Waals surface area contributed by atoms with Crippen molar-refractivity contribution >= 4 is 11.9 Å². The van der Waals surface area contributed by atoms with Gasteiger partial charge in [0.1, 0.15) is 5.75 Å². The first kappa shape index (κ1) is 27.0. The summed E-state index contributed by atoms with van der Waals surface area (Å²) in [4.78, 5) is 17.1. The highest BCUT2D eigenvalue weighted by Crippen LogP contribution is 2.33. The van der Waals surface area contributed by atoms with Gasteiger partial charge in [-0.3, -0.25) is 4.79 Å². The molecule has 3 heteroatoms. The fourth-order valence-electron chi connectivity index (χ4n) is 5.70. The van der Waals surface area contributed by atoms with Crippen molar-refractivity contribution in [1.29, 1.82) is 0 Å². The number of carbonyl (C=O) groups excluding carboxylic acids is 1. The van der Waals surface area contributed by atoms with Crippen molar-refractivity contribution in [3.63, 3.8) is 0 Å². The van der Waals surface area contributed by atoms with E-state index in [9.17, 15) is 4.79 Å². The molecule has 37 heavy (non-hydrogen) atoms. The molecule has 1 aromatic carbocycles. The van der Waals surface area contributed by atoms with E-state index in [-0.39, 0.29) is 0 Å². The van der Waals surface area contributed by atoms with E-state index in [0.717, 1.165) is 67.5 Å². The molecule has 1 atom stereocenters. The summed E-state index contributed by atoms with van der Waals surface area (Å²) in [6.45, 7) is 10.9. The van der Waals surface area contributed by atoms with Gasteiger partial charge < -0.3 is 9.72 Å². The molecule has 1 N–H and O–H groups in total. The molecule has 0 aliphatic heterocycles. The molecule has 0 bridgehead atoms. The second-order valence-electron chi connectivity index (χ2n) is 10.8. The number of H-pyrrole nitrogens is 1. The topological polar surface area (TPSA) is 42.1 Å². The van der Waals surface area contributed by atoms with Gasteiger partial charge in [-0.25, -0.2) is 0 Å². The Morgan fingerprint density at radius 1 is 1.05 bits per heavy atom. The number of fused-ring (bicyclic) bond motifs is 1. The number of benzene rings is 1. The van der Waals surface area contributed by atoms with Crippen LogP contribution in [0.2, 0.25) is 0 Å². The largest absolute Gasteiger partial charge is 0.496 e. The molecule has 2 aromatic rings. The van der Waals surface area contributed by atoms with Crippen molar-refractivity contribution in [3.05, 3.63) is 81.1 Å². The monoisotopic (exact) mass is 497 g/mol. The first-order valence-electron chi connectivity index (χ1n) is 14.0. The smallest absolute Gasteiger partial charge is 0.159 e. The zero-order chi connectivity index (χ0) is 26.5. The van der Waals surface area contributed by atoms with Crippen LogP contribution in [0.25, 0.3) is 17.3 Å². The Kier molecular flexibility index (Phi) is 8.74. The average Bonchev–Trinajstić information content (AvgIpc) is 3.22. The van der Waals surface area contributed by atoms with Crippen LogP contribution in [0.15, 0.2) is 64.3 Å². The average molecular weight is 498 g/mol. The number of nitrogens with one attached hydrogen (secondary N) is 1. The lowest BCUT2D eigenvalue weighted by atomic mass is 9.92. The van der Waals surface area contributed by atoms with Gasteiger partial charge in [-0.1, -0.05) is 49.3 Å². The SMILES string of the molecule is CCc1ccc(-c2cc3c([nH]2)CCC(C)=CC(CCC(=O)C2=C(C)C(C)=CC(CC)CC2)=C3)cc1OC. The van der Waals surface area contributed by atoms with E-state index >= 15 is 0 Å². The number of aromatic nitrogens is 1. The minimum Gasteiger partial charge on any atom is -0.496 e. The summed E-state index contributed by atoms with van der Waals surface area (Å²) in [5.74, 6) is 1.83. The second kappa shape index (κ2) is 12.0. The summed E-state index contributed by atoms with van der Waals surface area (Å²) >= 11 is 0. The quantitative estimate of drug-likeness (QED) is 0.395. The summed E-state index contributed by atoms with van der Waals surface area (Å²) in [5, 5.41) is 0. The van der Waals surface area contributed by atoms with Gasteiger partial charge in [-0.15, -0.1) is 0 Å². The molecular formula is C34H43NO2. The number of rotatable bonds is 8. The third-order valence-electron chi connectivity index (χ3n) is 8.25. The van der Waals surface area contributed by atoms with Gasteiger partial charge >= 0.3 is 0 Å². The van der Waals surface area contributed by atoms with Crippen molar-refractivity contribution in [2.75, 3.05) is 7.11 Å². The third kappa shape index (κ3) is 6.26. The minimum absolute atomic E-state index is 0.314. The lowest BCUT2D eigenvalue weighted by Gasteiger charge is -2.13. The van der Waals surface area contributed by atoms with E-state index in [1.807, 2.05) is 0 Å². The molecule has 2 aliphatic rings. The molecule has 2 aliphatic carbocycles. The lowest BCUT2D eigenvalue weighted by molar-refractivity contribution is -0.115. The summed E-state index contributed by atoms with van der Waals surface area (Å²) in [7, 11) is 1.74. The third-order valence-corrected chi connectivity index (χ3v) is 8.25. The van der Waals surface area contributed by atoms with Crippen LogP contribution >= 0.6 is 0 Å². The zero-order valence-electron chi connectivity index (χ0n) is 23.6. The van der Waals surface area contributed by atoms with E-state index in [4.69, 9.17) is 4.74 Å². The van der Waals surface area contributed by atoms with Crippen molar-refractivity contribution < 1.29 is 9.53 Å². The summed E-state index contributed by atoms with van der Waals surface area (Å²) in [6.07, 6.45) is 14.4. The van der Waals surface area contributed by atoms with Gasteiger partial charge in [-0.2, -0.15) is 0 Å². The Hall–Kier alpha value is -3.07. The maximum absolute atomic E-state index is 13.4. The molecule has 4 rings (SSSR count). The molecule has 0 radical (unpaired) electrons. The predicted molar refractivity (Wildman–Crippen MR) is 156 cm³/mol. The molecule has 1 heterocycles. The van der Waals surface area contributed by atoms with Gasteiger partial charge in [-0.05, 0) is 118 Å². The number of aromatic amines is 1. The van der Waals surface area contributed by atoms with Crippen LogP contribution in [0.4, 0.5) is 0 Å². The maximum atomic E-state index is 13.4. The first-order valence-corrected chi connectivity index (χ1v) is 14.0. The highest BCUT2D eigenvalue weighted by molar-refractivity contribution is 5.97. The molecular weight excluding hydrogens is 454 g/mol. The van der Waals surface area contributed by atoms with Gasteiger partial charge in [0.05, 0.1) is 7.11 Å². The van der Waals surface area contributed by atoms with Crippen LogP contribution in [0, 0.1) is 5.92 Å². The van der Waals surface area contributed by atoms with Crippen LogP contribution in [-0.2, 0) is 17.6 Å². The summed E-state index contributed by atoms with van der Waals surface area (Å²) in [5.41, 5.74) is 12.1. The molecule has 3 nitrogen and oxygen atoms in total. The van der Waals surface area contributed by atoms with E-state index in [1.54, 1.807) is 7.11 Å².